The lowest BCUT2D eigenvalue weighted by Gasteiger charge is -2.29. The monoisotopic (exact) mass is 557 g/mol. The summed E-state index contributed by atoms with van der Waals surface area (Å²) in [6.45, 7) is 4.40. The van der Waals surface area contributed by atoms with E-state index in [0.29, 0.717) is 23.0 Å². The van der Waals surface area contributed by atoms with Gasteiger partial charge in [-0.15, -0.1) is 0 Å². The zero-order valence-corrected chi connectivity index (χ0v) is 23.6. The average Bonchev–Trinajstić information content (AvgIpc) is 3.75. The van der Waals surface area contributed by atoms with Crippen LogP contribution in [0.15, 0.2) is 138 Å². The summed E-state index contributed by atoms with van der Waals surface area (Å²) in [7, 11) is 0. The molecule has 7 aromatic rings. The lowest BCUT2D eigenvalue weighted by molar-refractivity contribution is 0.590. The van der Waals surface area contributed by atoms with E-state index in [2.05, 4.69) is 44.2 Å². The topological polar surface area (TPSA) is 29.3 Å². The summed E-state index contributed by atoms with van der Waals surface area (Å²) in [5, 5.41) is 1.80. The van der Waals surface area contributed by atoms with E-state index in [4.69, 9.17) is 16.3 Å². The normalized spacial score (nSPS) is 15.2. The zero-order chi connectivity index (χ0) is 33.1. The molecule has 3 nitrogen and oxygen atoms in total. The molecule has 0 amide bonds. The van der Waals surface area contributed by atoms with E-state index < -0.39 is 6.04 Å². The lowest BCUT2D eigenvalue weighted by atomic mass is 9.82. The smallest absolute Gasteiger partial charge is 0.227 e. The molecule has 1 aromatic heterocycles. The van der Waals surface area contributed by atoms with E-state index in [1.54, 1.807) is 0 Å². The number of anilines is 3. The predicted octanol–water partition coefficient (Wildman–Crippen LogP) is 10.9. The van der Waals surface area contributed by atoms with Crippen molar-refractivity contribution in [3.63, 3.8) is 0 Å². The summed E-state index contributed by atoms with van der Waals surface area (Å²) in [5.41, 5.74) is 9.32. The highest BCUT2D eigenvalue weighted by atomic mass is 16.4. The molecule has 6 aromatic carbocycles. The van der Waals surface area contributed by atoms with Gasteiger partial charge in [0.1, 0.15) is 5.69 Å². The standard InChI is InChI=1S/C40H28N2O/c1-40(2)33-19-10-9-16-28(33)29-21-20-27(24-34(29)40)42(26-14-7-4-8-15-26)35-23-22-32-36-30(35)17-11-18-31(36)37-38(32)43-39(41-37)25-12-5-3-6-13-25/h3-24H,1-2H3/i4D,7D,8D,14D,15D. The van der Waals surface area contributed by atoms with Crippen molar-refractivity contribution in [1.29, 1.82) is 0 Å². The number of oxazole rings is 1. The summed E-state index contributed by atoms with van der Waals surface area (Å²) in [6.07, 6.45) is 0. The summed E-state index contributed by atoms with van der Waals surface area (Å²) < 4.78 is 49.9. The fourth-order valence-corrected chi connectivity index (χ4v) is 6.94. The fourth-order valence-electron chi connectivity index (χ4n) is 6.94. The number of rotatable bonds is 4. The van der Waals surface area contributed by atoms with Crippen molar-refractivity contribution in [2.75, 3.05) is 4.90 Å². The van der Waals surface area contributed by atoms with Crippen LogP contribution in [0.25, 0.3) is 55.9 Å². The Hall–Kier alpha value is -5.41. The minimum Gasteiger partial charge on any atom is -0.435 e. The molecule has 9 rings (SSSR count). The largest absolute Gasteiger partial charge is 0.435 e. The van der Waals surface area contributed by atoms with Gasteiger partial charge in [0.25, 0.3) is 0 Å². The molecule has 0 unspecified atom stereocenters. The van der Waals surface area contributed by atoms with E-state index in [9.17, 15) is 0 Å². The van der Waals surface area contributed by atoms with E-state index in [0.717, 1.165) is 44.3 Å². The number of benzene rings is 6. The zero-order valence-electron chi connectivity index (χ0n) is 28.6. The van der Waals surface area contributed by atoms with Crippen LogP contribution in [0, 0.1) is 0 Å². The molecule has 0 spiro atoms. The number of hydrogen-bond acceptors (Lipinski definition) is 3. The molecule has 0 fully saturated rings. The molecule has 0 atom stereocenters. The van der Waals surface area contributed by atoms with Crippen LogP contribution in [0.3, 0.4) is 0 Å². The summed E-state index contributed by atoms with van der Waals surface area (Å²) >= 11 is 0. The van der Waals surface area contributed by atoms with Crippen LogP contribution in [0.4, 0.5) is 17.1 Å². The first kappa shape index (κ1) is 19.7. The van der Waals surface area contributed by atoms with Crippen molar-refractivity contribution in [3.05, 3.63) is 144 Å². The summed E-state index contributed by atoms with van der Waals surface area (Å²) in [5.74, 6) is 1.24. The van der Waals surface area contributed by atoms with Gasteiger partial charge in [0.15, 0.2) is 5.76 Å². The maximum absolute atomic E-state index is 9.05. The van der Waals surface area contributed by atoms with Crippen LogP contribution in [0.5, 0.6) is 0 Å². The molecular weight excluding hydrogens is 524 g/mol. The second-order valence-corrected chi connectivity index (χ2v) is 11.6. The molecule has 0 saturated carbocycles. The van der Waals surface area contributed by atoms with E-state index in [1.165, 1.54) is 11.1 Å². The number of fused-ring (bicyclic) bond motifs is 6. The molecule has 43 heavy (non-hydrogen) atoms. The highest BCUT2D eigenvalue weighted by Crippen LogP contribution is 2.53. The first-order valence-electron chi connectivity index (χ1n) is 16.9. The molecule has 0 aliphatic heterocycles. The third kappa shape index (κ3) is 3.39. The van der Waals surface area contributed by atoms with Crippen LogP contribution in [0.1, 0.15) is 31.8 Å². The van der Waals surface area contributed by atoms with Crippen molar-refractivity contribution in [3.8, 4) is 45.2 Å². The molecule has 0 bridgehead atoms. The Balaban J connectivity index is 1.30. The van der Waals surface area contributed by atoms with Crippen molar-refractivity contribution < 1.29 is 11.3 Å². The van der Waals surface area contributed by atoms with Gasteiger partial charge in [-0.05, 0) is 70.7 Å². The molecule has 3 heteroatoms. The first-order valence-corrected chi connectivity index (χ1v) is 14.4. The third-order valence-electron chi connectivity index (χ3n) is 8.94. The SMILES string of the molecule is [2H]c1c([2H])c([2H])c(N(c2ccc3c(c2)C(C)(C)c2ccccc2-3)c2ccc3c4c(cccc24)-c2nc(-c4ccccc4)oc2-3)c([2H])c1[2H]. The fraction of sp³-hybridized carbons (Fsp3) is 0.0750. The van der Waals surface area contributed by atoms with Crippen molar-refractivity contribution in [1.82, 2.24) is 4.98 Å². The Morgan fingerprint density at radius 1 is 0.674 bits per heavy atom. The Morgan fingerprint density at radius 3 is 2.28 bits per heavy atom. The molecule has 204 valence electrons. The number of para-hydroxylation sites is 1. The maximum atomic E-state index is 9.05. The van der Waals surface area contributed by atoms with Gasteiger partial charge < -0.3 is 9.32 Å². The second-order valence-electron chi connectivity index (χ2n) is 11.6. The Bertz CT molecular complexity index is 2450. The molecule has 2 aliphatic rings. The summed E-state index contributed by atoms with van der Waals surface area (Å²) in [4.78, 5) is 6.74. The first-order chi connectivity index (χ1) is 23.2. The average molecular weight is 558 g/mol. The minimum absolute atomic E-state index is 0.0918. The summed E-state index contributed by atoms with van der Waals surface area (Å²) in [6, 6.07) is 32.6. The quantitative estimate of drug-likeness (QED) is 0.215. The Labute approximate surface area is 257 Å². The molecular formula is C40H28N2O. The van der Waals surface area contributed by atoms with Crippen LogP contribution in [0.2, 0.25) is 0 Å². The Morgan fingerprint density at radius 2 is 1.42 bits per heavy atom. The Kier molecular flexibility index (Phi) is 4.02. The lowest BCUT2D eigenvalue weighted by Crippen LogP contribution is -2.16. The van der Waals surface area contributed by atoms with Crippen molar-refractivity contribution >= 4 is 27.8 Å². The molecule has 2 aliphatic carbocycles. The van der Waals surface area contributed by atoms with E-state index in [-0.39, 0.29) is 35.3 Å². The second kappa shape index (κ2) is 8.80. The van der Waals surface area contributed by atoms with Gasteiger partial charge in [-0.1, -0.05) is 98.7 Å². The van der Waals surface area contributed by atoms with Crippen LogP contribution in [-0.4, -0.2) is 4.98 Å². The van der Waals surface area contributed by atoms with Gasteiger partial charge in [-0.25, -0.2) is 4.98 Å². The van der Waals surface area contributed by atoms with Crippen LogP contribution < -0.4 is 4.90 Å². The van der Waals surface area contributed by atoms with Crippen LogP contribution >= 0.6 is 0 Å². The van der Waals surface area contributed by atoms with E-state index in [1.807, 2.05) is 77.7 Å². The van der Waals surface area contributed by atoms with Gasteiger partial charge in [-0.2, -0.15) is 0 Å². The molecule has 0 radical (unpaired) electrons. The molecule has 0 saturated heterocycles. The minimum atomic E-state index is -0.426. The molecule has 1 heterocycles. The predicted molar refractivity (Wildman–Crippen MR) is 176 cm³/mol. The van der Waals surface area contributed by atoms with Gasteiger partial charge in [0.2, 0.25) is 5.89 Å². The maximum Gasteiger partial charge on any atom is 0.227 e. The number of nitrogens with zero attached hydrogens (tertiary/aromatic N) is 2. The highest BCUT2D eigenvalue weighted by molar-refractivity contribution is 6.17. The van der Waals surface area contributed by atoms with Crippen molar-refractivity contribution in [2.24, 2.45) is 0 Å². The number of hydrogen-bond donors (Lipinski definition) is 0. The van der Waals surface area contributed by atoms with Gasteiger partial charge >= 0.3 is 0 Å². The van der Waals surface area contributed by atoms with Crippen LogP contribution in [-0.2, 0) is 5.41 Å². The van der Waals surface area contributed by atoms with Gasteiger partial charge in [0.05, 0.1) is 12.5 Å². The van der Waals surface area contributed by atoms with E-state index >= 15 is 0 Å². The third-order valence-corrected chi connectivity index (χ3v) is 8.94. The van der Waals surface area contributed by atoms with Crippen molar-refractivity contribution in [2.45, 2.75) is 19.3 Å². The number of aromatic nitrogens is 1. The molecule has 0 N–H and O–H groups in total. The van der Waals surface area contributed by atoms with Gasteiger partial charge in [-0.3, -0.25) is 0 Å². The van der Waals surface area contributed by atoms with Gasteiger partial charge in [0, 0.05) is 44.3 Å². The highest BCUT2D eigenvalue weighted by Gasteiger charge is 2.36.